The van der Waals surface area contributed by atoms with E-state index in [9.17, 15) is 24.9 Å². The molecule has 14 atom stereocenters. The van der Waals surface area contributed by atoms with Gasteiger partial charge in [-0.25, -0.2) is 0 Å². The summed E-state index contributed by atoms with van der Waals surface area (Å²) in [6.45, 7) is 17.2. The third-order valence-corrected chi connectivity index (χ3v) is 12.5. The average Bonchev–Trinajstić information content (AvgIpc) is 3.20. The number of nitrogens with zero attached hydrogens (tertiary/aromatic N) is 3. The smallest absolute Gasteiger partial charge is 0.312 e. The fraction of sp³-hybridized carbons (Fsp3) is 0.652. The second kappa shape index (κ2) is 20.3. The number of cyclic esters (lactones) is 1. The lowest BCUT2D eigenvalue weighted by atomic mass is 9.73. The van der Waals surface area contributed by atoms with Gasteiger partial charge in [0, 0.05) is 37.6 Å². The SMILES string of the molecule is CC[C@H]1OC(=O)[C@H](C)[C@@H](OC(C)=O)[C@H](C)[C@@H](OC2OC(C)CC(N(C)C)C2O)[C@](C)(OC)C[C@@H](C)/C(=N\N=C(/C)c2ccc(-c3ccccc3)cc2)[C@H](C)[C@@H](O)[C@]1(C)O. The van der Waals surface area contributed by atoms with Crippen LogP contribution in [0.25, 0.3) is 11.1 Å². The normalized spacial score (nSPS) is 37.5. The Morgan fingerprint density at radius 3 is 2.12 bits per heavy atom. The Morgan fingerprint density at radius 2 is 1.56 bits per heavy atom. The molecule has 0 radical (unpaired) electrons. The van der Waals surface area contributed by atoms with Crippen molar-refractivity contribution in [1.29, 1.82) is 0 Å². The first-order chi connectivity index (χ1) is 27.7. The Balaban J connectivity index is 1.88. The van der Waals surface area contributed by atoms with Crippen LogP contribution in [0.15, 0.2) is 64.8 Å². The number of rotatable bonds is 9. The number of hydrogen-bond acceptors (Lipinski definition) is 13. The number of hydrogen-bond donors (Lipinski definition) is 3. The second-order valence-electron chi connectivity index (χ2n) is 17.4. The molecular weight excluding hydrogens is 755 g/mol. The molecule has 2 aromatic rings. The largest absolute Gasteiger partial charge is 0.461 e. The van der Waals surface area contributed by atoms with Gasteiger partial charge in [-0.05, 0) is 90.6 Å². The summed E-state index contributed by atoms with van der Waals surface area (Å²) in [7, 11) is 5.33. The van der Waals surface area contributed by atoms with E-state index in [0.29, 0.717) is 17.8 Å². The van der Waals surface area contributed by atoms with Crippen LogP contribution in [0.3, 0.4) is 0 Å². The maximum Gasteiger partial charge on any atom is 0.312 e. The number of aliphatic hydroxyl groups excluding tert-OH is 2. The quantitative estimate of drug-likeness (QED) is 0.153. The number of carbonyl (C=O) groups excluding carboxylic acids is 2. The first kappa shape index (κ1) is 48.1. The van der Waals surface area contributed by atoms with Crippen LogP contribution in [0, 0.1) is 23.7 Å². The standard InChI is InChI=1S/C46H69N3O10/c1-14-37-46(10,54)41(52)28(4)38(48-47-31(7)33-20-22-35(23-21-33)34-18-16-15-17-19-34)26(2)25-45(9,55-13)42(29(5)40(57-32(8)50)30(6)43(53)58-37)59-44-39(51)36(49(11)12)24-27(3)56-44/h15-23,26-30,36-37,39-42,44,51-52,54H,14,24-25H2,1-13H3/b47-31+,48-38+/t26-,27?,28+,29+,30-,36?,37-,39?,40+,41-,42-,44?,45-,46-/m1/s1. The van der Waals surface area contributed by atoms with Gasteiger partial charge in [-0.3, -0.25) is 9.59 Å². The number of esters is 2. The summed E-state index contributed by atoms with van der Waals surface area (Å²) in [5.74, 6) is -4.39. The summed E-state index contributed by atoms with van der Waals surface area (Å²) < 4.78 is 31.4. The fourth-order valence-corrected chi connectivity index (χ4v) is 8.90. The van der Waals surface area contributed by atoms with Crippen molar-refractivity contribution in [3.63, 3.8) is 0 Å². The highest BCUT2D eigenvalue weighted by Crippen LogP contribution is 2.40. The molecule has 2 heterocycles. The molecule has 0 amide bonds. The van der Waals surface area contributed by atoms with Gasteiger partial charge < -0.3 is 43.9 Å². The first-order valence-electron chi connectivity index (χ1n) is 20.9. The van der Waals surface area contributed by atoms with Crippen LogP contribution in [-0.2, 0) is 33.3 Å². The zero-order valence-corrected chi connectivity index (χ0v) is 37.3. The third kappa shape index (κ3) is 11.2. The molecule has 2 fully saturated rings. The van der Waals surface area contributed by atoms with Gasteiger partial charge in [-0.15, -0.1) is 0 Å². The maximum absolute atomic E-state index is 14.0. The van der Waals surface area contributed by atoms with E-state index in [0.717, 1.165) is 16.7 Å². The van der Waals surface area contributed by atoms with Crippen molar-refractivity contribution in [2.75, 3.05) is 21.2 Å². The number of methoxy groups -OCH3 is 1. The molecule has 3 N–H and O–H groups in total. The number of ether oxygens (including phenoxy) is 5. The van der Waals surface area contributed by atoms with E-state index >= 15 is 0 Å². The molecule has 4 rings (SSSR count). The first-order valence-corrected chi connectivity index (χ1v) is 20.9. The number of carbonyl (C=O) groups is 2. The van der Waals surface area contributed by atoms with Crippen molar-refractivity contribution >= 4 is 23.4 Å². The number of aliphatic hydroxyl groups is 3. The molecule has 328 valence electrons. The van der Waals surface area contributed by atoms with Crippen molar-refractivity contribution in [3.8, 4) is 11.1 Å². The van der Waals surface area contributed by atoms with Crippen molar-refractivity contribution < 1.29 is 48.6 Å². The molecule has 59 heavy (non-hydrogen) atoms. The molecule has 2 saturated heterocycles. The molecule has 2 aliphatic rings. The molecule has 13 heteroatoms. The van der Waals surface area contributed by atoms with Crippen LogP contribution < -0.4 is 0 Å². The predicted octanol–water partition coefficient (Wildman–Crippen LogP) is 6.05. The van der Waals surface area contributed by atoms with E-state index in [1.165, 1.54) is 13.8 Å². The van der Waals surface area contributed by atoms with Crippen molar-refractivity contribution in [1.82, 2.24) is 4.90 Å². The zero-order valence-electron chi connectivity index (χ0n) is 37.3. The summed E-state index contributed by atoms with van der Waals surface area (Å²) in [5.41, 5.74) is 0.968. The molecular formula is C46H69N3O10. The molecule has 0 bridgehead atoms. The molecule has 0 aliphatic carbocycles. The van der Waals surface area contributed by atoms with Gasteiger partial charge in [0.25, 0.3) is 0 Å². The van der Waals surface area contributed by atoms with Gasteiger partial charge in [-0.2, -0.15) is 10.2 Å². The van der Waals surface area contributed by atoms with Crippen LogP contribution in [0.2, 0.25) is 0 Å². The average molecular weight is 824 g/mol. The van der Waals surface area contributed by atoms with E-state index < -0.39 is 83.6 Å². The Labute approximate surface area is 351 Å². The van der Waals surface area contributed by atoms with E-state index in [1.807, 2.05) is 96.1 Å². The van der Waals surface area contributed by atoms with Crippen molar-refractivity contribution in [3.05, 3.63) is 60.2 Å². The minimum atomic E-state index is -1.92. The topological polar surface area (TPSA) is 169 Å². The second-order valence-corrected chi connectivity index (χ2v) is 17.4. The lowest BCUT2D eigenvalue weighted by Crippen LogP contribution is -2.60. The zero-order chi connectivity index (χ0) is 44.0. The molecule has 0 aromatic heterocycles. The molecule has 2 aliphatic heterocycles. The highest BCUT2D eigenvalue weighted by atomic mass is 16.7. The Bertz CT molecular complexity index is 1750. The Hall–Kier alpha value is -3.56. The highest BCUT2D eigenvalue weighted by molar-refractivity contribution is 6.00. The van der Waals surface area contributed by atoms with Gasteiger partial charge in [0.2, 0.25) is 0 Å². The monoisotopic (exact) mass is 823 g/mol. The Kier molecular flexibility index (Phi) is 16.6. The van der Waals surface area contributed by atoms with E-state index in [1.54, 1.807) is 27.9 Å². The lowest BCUT2D eigenvalue weighted by molar-refractivity contribution is -0.301. The summed E-state index contributed by atoms with van der Waals surface area (Å²) in [5, 5.41) is 45.2. The lowest BCUT2D eigenvalue weighted by Gasteiger charge is -2.48. The Morgan fingerprint density at radius 1 is 0.949 bits per heavy atom. The third-order valence-electron chi connectivity index (χ3n) is 12.5. The minimum absolute atomic E-state index is 0.177. The molecule has 4 unspecified atom stereocenters. The molecule has 13 nitrogen and oxygen atoms in total. The summed E-state index contributed by atoms with van der Waals surface area (Å²) >= 11 is 0. The predicted molar refractivity (Wildman–Crippen MR) is 228 cm³/mol. The van der Waals surface area contributed by atoms with Crippen LogP contribution in [0.5, 0.6) is 0 Å². The maximum atomic E-state index is 14.0. The van der Waals surface area contributed by atoms with E-state index in [-0.39, 0.29) is 25.0 Å². The number of benzene rings is 2. The number of likely N-dealkylation sites (N-methyl/N-ethyl adjacent to an activating group) is 1. The van der Waals surface area contributed by atoms with Crippen LogP contribution in [-0.4, -0.2) is 125 Å². The van der Waals surface area contributed by atoms with Gasteiger partial charge in [0.1, 0.15) is 23.9 Å². The molecule has 0 spiro atoms. The minimum Gasteiger partial charge on any atom is -0.461 e. The van der Waals surface area contributed by atoms with E-state index in [4.69, 9.17) is 33.9 Å². The van der Waals surface area contributed by atoms with Gasteiger partial charge in [0.15, 0.2) is 6.29 Å². The van der Waals surface area contributed by atoms with Gasteiger partial charge in [-0.1, -0.05) is 82.3 Å². The van der Waals surface area contributed by atoms with Crippen molar-refractivity contribution in [2.45, 2.75) is 149 Å². The van der Waals surface area contributed by atoms with Crippen LogP contribution in [0.1, 0.15) is 94.1 Å². The van der Waals surface area contributed by atoms with E-state index in [2.05, 4.69) is 12.1 Å². The van der Waals surface area contributed by atoms with Crippen LogP contribution >= 0.6 is 0 Å². The van der Waals surface area contributed by atoms with Crippen LogP contribution in [0.4, 0.5) is 0 Å². The highest BCUT2D eigenvalue weighted by Gasteiger charge is 2.52. The molecule has 2 aromatic carbocycles. The summed E-state index contributed by atoms with van der Waals surface area (Å²) in [6, 6.07) is 17.8. The fourth-order valence-electron chi connectivity index (χ4n) is 8.90. The summed E-state index contributed by atoms with van der Waals surface area (Å²) in [6.07, 6.45) is -6.07. The van der Waals surface area contributed by atoms with Crippen molar-refractivity contribution in [2.24, 2.45) is 33.9 Å². The summed E-state index contributed by atoms with van der Waals surface area (Å²) in [4.78, 5) is 28.7. The van der Waals surface area contributed by atoms with Gasteiger partial charge in [0.05, 0.1) is 35.5 Å². The molecule has 0 saturated carbocycles. The van der Waals surface area contributed by atoms with Gasteiger partial charge >= 0.3 is 11.9 Å².